The molecule has 140 valence electrons. The Kier molecular flexibility index (Phi) is 5.50. The maximum absolute atomic E-state index is 9.92. The van der Waals surface area contributed by atoms with Crippen molar-refractivity contribution < 1.29 is 0 Å². The van der Waals surface area contributed by atoms with Gasteiger partial charge >= 0.3 is 0 Å². The van der Waals surface area contributed by atoms with Crippen molar-refractivity contribution >= 4 is 11.8 Å². The summed E-state index contributed by atoms with van der Waals surface area (Å²) in [5, 5.41) is 10.8. The summed E-state index contributed by atoms with van der Waals surface area (Å²) in [5.41, 5.74) is 9.32. The minimum atomic E-state index is 0.795. The smallest absolute Gasteiger partial charge is 0.115 e. The van der Waals surface area contributed by atoms with E-state index in [1.165, 1.54) is 39.8 Å². The van der Waals surface area contributed by atoms with Crippen LogP contribution in [0.3, 0.4) is 0 Å². The van der Waals surface area contributed by atoms with E-state index in [4.69, 9.17) is 4.98 Å². The van der Waals surface area contributed by atoms with Crippen LogP contribution in [0.1, 0.15) is 46.2 Å². The van der Waals surface area contributed by atoms with Crippen LogP contribution in [0.2, 0.25) is 0 Å². The van der Waals surface area contributed by atoms with Crippen LogP contribution < -0.4 is 0 Å². The van der Waals surface area contributed by atoms with E-state index >= 15 is 0 Å². The Balaban J connectivity index is 1.79. The molecule has 0 fully saturated rings. The Morgan fingerprint density at radius 2 is 1.68 bits per heavy atom. The molecule has 0 unspecified atom stereocenters. The molecule has 3 aromatic rings. The first-order chi connectivity index (χ1) is 13.7. The first-order valence-electron chi connectivity index (χ1n) is 9.87. The molecule has 0 saturated heterocycles. The number of hydrogen-bond acceptors (Lipinski definition) is 3. The van der Waals surface area contributed by atoms with Crippen LogP contribution in [0.15, 0.2) is 53.6 Å². The van der Waals surface area contributed by atoms with Crippen molar-refractivity contribution in [2.24, 2.45) is 0 Å². The van der Waals surface area contributed by atoms with Gasteiger partial charge in [-0.1, -0.05) is 53.6 Å². The number of aromatic nitrogens is 1. The Morgan fingerprint density at radius 1 is 0.964 bits per heavy atom. The Morgan fingerprint density at radius 3 is 2.39 bits per heavy atom. The van der Waals surface area contributed by atoms with Crippen molar-refractivity contribution in [2.75, 3.05) is 0 Å². The molecule has 2 nitrogen and oxygen atoms in total. The van der Waals surface area contributed by atoms with Gasteiger partial charge in [0, 0.05) is 11.3 Å². The molecule has 0 amide bonds. The third-order valence-electron chi connectivity index (χ3n) is 5.34. The Hall–Kier alpha value is -2.57. The average molecular weight is 385 g/mol. The topological polar surface area (TPSA) is 36.7 Å². The molecule has 3 heteroatoms. The lowest BCUT2D eigenvalue weighted by Gasteiger charge is -2.22. The lowest BCUT2D eigenvalue weighted by Crippen LogP contribution is -2.10. The van der Waals surface area contributed by atoms with Crippen LogP contribution in [0.25, 0.3) is 11.3 Å². The molecule has 1 heterocycles. The summed E-state index contributed by atoms with van der Waals surface area (Å²) >= 11 is 1.69. The highest BCUT2D eigenvalue weighted by Gasteiger charge is 2.23. The second kappa shape index (κ2) is 8.20. The SMILES string of the molecule is Cc1cccc(CSc2nc(-c3cccc(C)c3)c3c(c2C#N)CCCC3)c1. The summed E-state index contributed by atoms with van der Waals surface area (Å²) in [4.78, 5) is 5.05. The summed E-state index contributed by atoms with van der Waals surface area (Å²) in [6.07, 6.45) is 4.33. The zero-order valence-corrected chi connectivity index (χ0v) is 17.3. The van der Waals surface area contributed by atoms with E-state index < -0.39 is 0 Å². The Bertz CT molecular complexity index is 1060. The van der Waals surface area contributed by atoms with Gasteiger partial charge in [-0.15, -0.1) is 11.8 Å². The monoisotopic (exact) mass is 384 g/mol. The molecule has 0 bridgehead atoms. The van der Waals surface area contributed by atoms with Crippen molar-refractivity contribution in [3.05, 3.63) is 81.9 Å². The van der Waals surface area contributed by atoms with E-state index in [1.807, 2.05) is 0 Å². The molecule has 0 aliphatic heterocycles. The third kappa shape index (κ3) is 3.84. The van der Waals surface area contributed by atoms with Crippen molar-refractivity contribution in [3.8, 4) is 17.3 Å². The Labute approximate surface area is 171 Å². The largest absolute Gasteiger partial charge is 0.240 e. The van der Waals surface area contributed by atoms with E-state index in [2.05, 4.69) is 68.4 Å². The van der Waals surface area contributed by atoms with Crippen molar-refractivity contribution in [1.29, 1.82) is 5.26 Å². The van der Waals surface area contributed by atoms with E-state index in [0.29, 0.717) is 0 Å². The summed E-state index contributed by atoms with van der Waals surface area (Å²) in [5.74, 6) is 0.829. The van der Waals surface area contributed by atoms with Gasteiger partial charge in [0.2, 0.25) is 0 Å². The number of benzene rings is 2. The van der Waals surface area contributed by atoms with E-state index in [-0.39, 0.29) is 0 Å². The van der Waals surface area contributed by atoms with Gasteiger partial charge in [-0.2, -0.15) is 5.26 Å². The molecule has 28 heavy (non-hydrogen) atoms. The molecule has 0 spiro atoms. The van der Waals surface area contributed by atoms with Crippen LogP contribution in [-0.2, 0) is 18.6 Å². The number of rotatable bonds is 4. The highest BCUT2D eigenvalue weighted by Crippen LogP contribution is 2.37. The number of aryl methyl sites for hydroxylation is 2. The zero-order valence-electron chi connectivity index (χ0n) is 16.5. The summed E-state index contributed by atoms with van der Waals surface area (Å²) < 4.78 is 0. The van der Waals surface area contributed by atoms with Crippen LogP contribution in [0.5, 0.6) is 0 Å². The molecule has 1 aromatic heterocycles. The first kappa shape index (κ1) is 18.8. The highest BCUT2D eigenvalue weighted by molar-refractivity contribution is 7.98. The molecule has 1 aliphatic carbocycles. The number of thioether (sulfide) groups is 1. The van der Waals surface area contributed by atoms with Gasteiger partial charge in [0.15, 0.2) is 0 Å². The van der Waals surface area contributed by atoms with Crippen molar-refractivity contribution in [1.82, 2.24) is 4.98 Å². The van der Waals surface area contributed by atoms with Crippen LogP contribution >= 0.6 is 11.8 Å². The quantitative estimate of drug-likeness (QED) is 0.488. The van der Waals surface area contributed by atoms with Crippen molar-refractivity contribution in [3.63, 3.8) is 0 Å². The fourth-order valence-corrected chi connectivity index (χ4v) is 4.95. The molecule has 0 atom stereocenters. The fraction of sp³-hybridized carbons (Fsp3) is 0.280. The predicted molar refractivity (Wildman–Crippen MR) is 117 cm³/mol. The fourth-order valence-electron chi connectivity index (χ4n) is 4.00. The lowest BCUT2D eigenvalue weighted by molar-refractivity contribution is 0.677. The molecule has 4 rings (SSSR count). The number of fused-ring (bicyclic) bond motifs is 1. The number of nitriles is 1. The summed E-state index contributed by atoms with van der Waals surface area (Å²) in [7, 11) is 0. The normalized spacial score (nSPS) is 13.0. The van der Waals surface area contributed by atoms with Gasteiger partial charge < -0.3 is 0 Å². The number of hydrogen-bond donors (Lipinski definition) is 0. The number of pyridine rings is 1. The summed E-state index contributed by atoms with van der Waals surface area (Å²) in [6.45, 7) is 4.23. The molecular formula is C25H24N2S. The van der Waals surface area contributed by atoms with Crippen molar-refractivity contribution in [2.45, 2.75) is 50.3 Å². The average Bonchev–Trinajstić information content (AvgIpc) is 2.71. The molecule has 0 N–H and O–H groups in total. The highest BCUT2D eigenvalue weighted by atomic mass is 32.2. The van der Waals surface area contributed by atoms with Gasteiger partial charge in [-0.05, 0) is 62.3 Å². The zero-order chi connectivity index (χ0) is 19.5. The maximum Gasteiger partial charge on any atom is 0.115 e. The standard InChI is InChI=1S/C25H24N2S/c1-17-7-5-9-19(13-17)16-28-25-23(15-26)21-11-3-4-12-22(21)24(27-25)20-10-6-8-18(2)14-20/h5-10,13-14H,3-4,11-12,16H2,1-2H3. The molecule has 2 aromatic carbocycles. The van der Waals surface area contributed by atoms with Gasteiger partial charge in [0.05, 0.1) is 11.3 Å². The minimum absolute atomic E-state index is 0.795. The number of nitrogens with zero attached hydrogens (tertiary/aromatic N) is 2. The third-order valence-corrected chi connectivity index (χ3v) is 6.39. The van der Waals surface area contributed by atoms with E-state index in [9.17, 15) is 5.26 Å². The lowest BCUT2D eigenvalue weighted by atomic mass is 9.86. The molecule has 0 radical (unpaired) electrons. The van der Waals surface area contributed by atoms with E-state index in [0.717, 1.165) is 41.3 Å². The van der Waals surface area contributed by atoms with Gasteiger partial charge in [-0.3, -0.25) is 0 Å². The molecular weight excluding hydrogens is 360 g/mol. The van der Waals surface area contributed by atoms with Crippen LogP contribution in [-0.4, -0.2) is 4.98 Å². The van der Waals surface area contributed by atoms with Gasteiger partial charge in [0.25, 0.3) is 0 Å². The second-order valence-electron chi connectivity index (χ2n) is 7.56. The van der Waals surface area contributed by atoms with Gasteiger partial charge in [-0.25, -0.2) is 4.98 Å². The van der Waals surface area contributed by atoms with E-state index in [1.54, 1.807) is 11.8 Å². The first-order valence-corrected chi connectivity index (χ1v) is 10.9. The second-order valence-corrected chi connectivity index (χ2v) is 8.53. The predicted octanol–water partition coefficient (Wildman–Crippen LogP) is 6.41. The maximum atomic E-state index is 9.92. The van der Waals surface area contributed by atoms with Gasteiger partial charge in [0.1, 0.15) is 11.1 Å². The molecule has 0 saturated carbocycles. The summed E-state index contributed by atoms with van der Waals surface area (Å²) in [6, 6.07) is 19.6. The van der Waals surface area contributed by atoms with Crippen LogP contribution in [0, 0.1) is 25.2 Å². The minimum Gasteiger partial charge on any atom is -0.240 e. The van der Waals surface area contributed by atoms with Crippen LogP contribution in [0.4, 0.5) is 0 Å². The molecule has 1 aliphatic rings.